The number of anilines is 3. The molecule has 4 aromatic rings. The summed E-state index contributed by atoms with van der Waals surface area (Å²) in [5, 5.41) is 2.65. The number of ether oxygens (including phenoxy) is 1. The normalized spacial score (nSPS) is 11.5. The topological polar surface area (TPSA) is 122 Å². The van der Waals surface area contributed by atoms with E-state index in [0.717, 1.165) is 14.3 Å². The Kier molecular flexibility index (Phi) is 9.36. The van der Waals surface area contributed by atoms with Gasteiger partial charge in [-0.3, -0.25) is 13.8 Å². The highest BCUT2D eigenvalue weighted by atomic mass is 79.9. The third-order valence-electron chi connectivity index (χ3n) is 5.88. The Morgan fingerprint density at radius 3 is 1.93 bits per heavy atom. The number of nitrogens with zero attached hydrogens (tertiary/aromatic N) is 1. The minimum Gasteiger partial charge on any atom is -0.494 e. The highest BCUT2D eigenvalue weighted by molar-refractivity contribution is 9.10. The molecule has 2 N–H and O–H groups in total. The predicted molar refractivity (Wildman–Crippen MR) is 163 cm³/mol. The van der Waals surface area contributed by atoms with Crippen molar-refractivity contribution < 1.29 is 26.4 Å². The summed E-state index contributed by atoms with van der Waals surface area (Å²) in [6.45, 7) is 3.62. The maximum absolute atomic E-state index is 13.6. The average molecular weight is 659 g/mol. The molecule has 0 aliphatic rings. The quantitative estimate of drug-likeness (QED) is 0.211. The van der Waals surface area contributed by atoms with Crippen molar-refractivity contribution in [3.05, 3.63) is 107 Å². The van der Waals surface area contributed by atoms with Crippen molar-refractivity contribution in [2.24, 2.45) is 0 Å². The van der Waals surface area contributed by atoms with Gasteiger partial charge in [-0.2, -0.15) is 0 Å². The lowest BCUT2D eigenvalue weighted by atomic mass is 10.2. The molecule has 4 rings (SSSR count). The molecule has 0 radical (unpaired) electrons. The number of halogens is 1. The van der Waals surface area contributed by atoms with Gasteiger partial charge in [0, 0.05) is 15.8 Å². The zero-order chi connectivity index (χ0) is 29.6. The van der Waals surface area contributed by atoms with E-state index in [-0.39, 0.29) is 15.5 Å². The van der Waals surface area contributed by atoms with E-state index in [1.165, 1.54) is 36.4 Å². The number of rotatable bonds is 11. The van der Waals surface area contributed by atoms with Crippen molar-refractivity contribution in [2.75, 3.05) is 27.5 Å². The third-order valence-corrected chi connectivity index (χ3v) is 9.59. The molecule has 0 spiro atoms. The lowest BCUT2D eigenvalue weighted by Gasteiger charge is -2.24. The van der Waals surface area contributed by atoms with Gasteiger partial charge in [-0.1, -0.05) is 33.6 Å². The number of aryl methyl sites for hydroxylation is 1. The van der Waals surface area contributed by atoms with Crippen LogP contribution in [-0.4, -0.2) is 35.9 Å². The van der Waals surface area contributed by atoms with Crippen molar-refractivity contribution in [1.82, 2.24) is 0 Å². The number of carbonyl (C=O) groups is 1. The molecule has 0 atom stereocenters. The lowest BCUT2D eigenvalue weighted by Crippen LogP contribution is -2.38. The number of hydrogen-bond donors (Lipinski definition) is 2. The SMILES string of the molecule is CCOc1ccc(N(CC(=O)Nc2ccc(S(=O)(=O)Nc3ccc(Br)cc3)cc2)S(=O)(=O)c2ccc(C)cc2)cc1. The van der Waals surface area contributed by atoms with Crippen LogP contribution in [0.5, 0.6) is 5.75 Å². The summed E-state index contributed by atoms with van der Waals surface area (Å²) >= 11 is 3.31. The molecular formula is C29H28BrN3O6S2. The first-order valence-electron chi connectivity index (χ1n) is 12.5. The second kappa shape index (κ2) is 12.8. The first-order valence-corrected chi connectivity index (χ1v) is 16.2. The molecule has 41 heavy (non-hydrogen) atoms. The Morgan fingerprint density at radius 1 is 0.780 bits per heavy atom. The monoisotopic (exact) mass is 657 g/mol. The number of sulfonamides is 2. The molecule has 4 aromatic carbocycles. The Balaban J connectivity index is 1.53. The molecular weight excluding hydrogens is 630 g/mol. The molecule has 0 saturated heterocycles. The fourth-order valence-electron chi connectivity index (χ4n) is 3.81. The molecule has 12 heteroatoms. The van der Waals surface area contributed by atoms with E-state index in [9.17, 15) is 21.6 Å². The van der Waals surface area contributed by atoms with Gasteiger partial charge in [-0.15, -0.1) is 0 Å². The van der Waals surface area contributed by atoms with Crippen LogP contribution in [0.2, 0.25) is 0 Å². The van der Waals surface area contributed by atoms with Crippen LogP contribution in [-0.2, 0) is 24.8 Å². The Hall–Kier alpha value is -3.87. The molecule has 0 heterocycles. The smallest absolute Gasteiger partial charge is 0.264 e. The van der Waals surface area contributed by atoms with E-state index in [1.54, 1.807) is 60.7 Å². The molecule has 0 unspecified atom stereocenters. The van der Waals surface area contributed by atoms with Gasteiger partial charge < -0.3 is 10.1 Å². The number of benzene rings is 4. The van der Waals surface area contributed by atoms with Gasteiger partial charge in [0.15, 0.2) is 0 Å². The summed E-state index contributed by atoms with van der Waals surface area (Å²) in [6, 6.07) is 25.0. The van der Waals surface area contributed by atoms with Crippen LogP contribution < -0.4 is 19.1 Å². The highest BCUT2D eigenvalue weighted by Crippen LogP contribution is 2.27. The highest BCUT2D eigenvalue weighted by Gasteiger charge is 2.27. The maximum atomic E-state index is 13.6. The van der Waals surface area contributed by atoms with Crippen LogP contribution in [0.3, 0.4) is 0 Å². The molecule has 0 aromatic heterocycles. The van der Waals surface area contributed by atoms with E-state index in [1.807, 2.05) is 13.8 Å². The molecule has 0 aliphatic carbocycles. The number of hydrogen-bond acceptors (Lipinski definition) is 6. The average Bonchev–Trinajstić information content (AvgIpc) is 2.94. The summed E-state index contributed by atoms with van der Waals surface area (Å²) in [6.07, 6.45) is 0. The molecule has 0 saturated carbocycles. The lowest BCUT2D eigenvalue weighted by molar-refractivity contribution is -0.114. The van der Waals surface area contributed by atoms with E-state index >= 15 is 0 Å². The first kappa shape index (κ1) is 30.1. The number of carbonyl (C=O) groups excluding carboxylic acids is 1. The standard InChI is InChI=1S/C29H28BrN3O6S2/c1-3-39-26-14-12-25(13-15-26)33(41(37,38)28-16-4-21(2)5-17-28)20-29(34)31-23-10-18-27(19-11-23)40(35,36)32-24-8-6-22(30)7-9-24/h4-19,32H,3,20H2,1-2H3,(H,31,34). The van der Waals surface area contributed by atoms with Crippen molar-refractivity contribution >= 4 is 58.9 Å². The summed E-state index contributed by atoms with van der Waals surface area (Å²) in [4.78, 5) is 13.1. The van der Waals surface area contributed by atoms with Gasteiger partial charge in [0.1, 0.15) is 12.3 Å². The van der Waals surface area contributed by atoms with Crippen molar-refractivity contribution in [1.29, 1.82) is 0 Å². The van der Waals surface area contributed by atoms with Gasteiger partial charge in [0.25, 0.3) is 20.0 Å². The van der Waals surface area contributed by atoms with Gasteiger partial charge in [-0.25, -0.2) is 16.8 Å². The number of nitrogens with one attached hydrogen (secondary N) is 2. The molecule has 0 fully saturated rings. The molecule has 0 bridgehead atoms. The van der Waals surface area contributed by atoms with E-state index < -0.39 is 32.5 Å². The van der Waals surface area contributed by atoms with E-state index in [2.05, 4.69) is 26.0 Å². The second-order valence-electron chi connectivity index (χ2n) is 8.94. The Labute approximate surface area is 248 Å². The third kappa shape index (κ3) is 7.66. The number of amides is 1. The zero-order valence-corrected chi connectivity index (χ0v) is 25.5. The van der Waals surface area contributed by atoms with Crippen molar-refractivity contribution in [3.63, 3.8) is 0 Å². The van der Waals surface area contributed by atoms with E-state index in [4.69, 9.17) is 4.74 Å². The van der Waals surface area contributed by atoms with Gasteiger partial charge in [-0.05, 0) is 98.8 Å². The molecule has 9 nitrogen and oxygen atoms in total. The zero-order valence-electron chi connectivity index (χ0n) is 22.2. The van der Waals surface area contributed by atoms with Crippen LogP contribution in [0, 0.1) is 6.92 Å². The van der Waals surface area contributed by atoms with Crippen LogP contribution in [0.25, 0.3) is 0 Å². The van der Waals surface area contributed by atoms with Crippen LogP contribution in [0.15, 0.2) is 111 Å². The van der Waals surface area contributed by atoms with Crippen LogP contribution in [0.4, 0.5) is 17.1 Å². The second-order valence-corrected chi connectivity index (χ2v) is 13.4. The summed E-state index contributed by atoms with van der Waals surface area (Å²) in [5.74, 6) is -0.0452. The van der Waals surface area contributed by atoms with Crippen LogP contribution in [0.1, 0.15) is 12.5 Å². The maximum Gasteiger partial charge on any atom is 0.264 e. The van der Waals surface area contributed by atoms with Gasteiger partial charge >= 0.3 is 0 Å². The first-order chi connectivity index (χ1) is 19.5. The summed E-state index contributed by atoms with van der Waals surface area (Å²) in [5.41, 5.74) is 1.88. The molecule has 1 amide bonds. The van der Waals surface area contributed by atoms with Gasteiger partial charge in [0.05, 0.1) is 22.1 Å². The van der Waals surface area contributed by atoms with Crippen LogP contribution >= 0.6 is 15.9 Å². The minimum atomic E-state index is -4.10. The van der Waals surface area contributed by atoms with Gasteiger partial charge in [0.2, 0.25) is 5.91 Å². The van der Waals surface area contributed by atoms with E-state index in [0.29, 0.717) is 23.7 Å². The Morgan fingerprint density at radius 2 is 1.34 bits per heavy atom. The largest absolute Gasteiger partial charge is 0.494 e. The minimum absolute atomic E-state index is 0.00335. The summed E-state index contributed by atoms with van der Waals surface area (Å²) < 4.78 is 62.5. The summed E-state index contributed by atoms with van der Waals surface area (Å²) in [7, 11) is -7.96. The fraction of sp³-hybridized carbons (Fsp3) is 0.138. The predicted octanol–water partition coefficient (Wildman–Crippen LogP) is 5.79. The van der Waals surface area contributed by atoms with Crippen molar-refractivity contribution in [2.45, 2.75) is 23.6 Å². The Bertz CT molecular complexity index is 1710. The molecule has 214 valence electrons. The molecule has 0 aliphatic heterocycles. The van der Waals surface area contributed by atoms with Crippen molar-refractivity contribution in [3.8, 4) is 5.75 Å². The fourth-order valence-corrected chi connectivity index (χ4v) is 6.55.